The molecule has 17 heavy (non-hydrogen) atoms. The van der Waals surface area contributed by atoms with Crippen LogP contribution in [-0.2, 0) is 4.79 Å². The van der Waals surface area contributed by atoms with Crippen LogP contribution in [0.4, 0.5) is 0 Å². The Kier molecular flexibility index (Phi) is 4.05. The average molecular weight is 240 g/mol. The summed E-state index contributed by atoms with van der Waals surface area (Å²) in [5.41, 5.74) is 5.65. The van der Waals surface area contributed by atoms with E-state index in [1.807, 2.05) is 4.90 Å². The number of aliphatic hydroxyl groups is 1. The number of carbonyl (C=O) groups is 1. The second-order valence-electron chi connectivity index (χ2n) is 5.52. The second-order valence-corrected chi connectivity index (χ2v) is 5.52. The third kappa shape index (κ3) is 2.63. The molecular weight excluding hydrogens is 216 g/mol. The fraction of sp³-hybridized carbons (Fsp3) is 0.923. The Labute approximate surface area is 103 Å². The van der Waals surface area contributed by atoms with Gasteiger partial charge in [-0.3, -0.25) is 4.79 Å². The molecule has 4 nitrogen and oxygen atoms in total. The summed E-state index contributed by atoms with van der Waals surface area (Å²) in [5, 5.41) is 8.89. The van der Waals surface area contributed by atoms with Gasteiger partial charge in [0.15, 0.2) is 0 Å². The Morgan fingerprint density at radius 1 is 1.35 bits per heavy atom. The van der Waals surface area contributed by atoms with Gasteiger partial charge in [0.25, 0.3) is 0 Å². The first-order valence-corrected chi connectivity index (χ1v) is 6.88. The molecule has 98 valence electrons. The molecule has 1 amide bonds. The number of nitrogens with two attached hydrogens (primary N) is 1. The van der Waals surface area contributed by atoms with Gasteiger partial charge in [-0.1, -0.05) is 12.8 Å². The van der Waals surface area contributed by atoms with Crippen molar-refractivity contribution < 1.29 is 9.90 Å². The van der Waals surface area contributed by atoms with Crippen molar-refractivity contribution in [2.24, 2.45) is 5.73 Å². The molecule has 0 bridgehead atoms. The average Bonchev–Trinajstić information content (AvgIpc) is 2.95. The van der Waals surface area contributed by atoms with Crippen LogP contribution in [0.15, 0.2) is 0 Å². The lowest BCUT2D eigenvalue weighted by Gasteiger charge is -2.32. The number of hydrogen-bond donors (Lipinski definition) is 2. The molecule has 0 aromatic rings. The van der Waals surface area contributed by atoms with E-state index in [4.69, 9.17) is 10.8 Å². The molecule has 1 saturated heterocycles. The highest BCUT2D eigenvalue weighted by Gasteiger charge is 2.42. The van der Waals surface area contributed by atoms with Gasteiger partial charge in [-0.15, -0.1) is 0 Å². The summed E-state index contributed by atoms with van der Waals surface area (Å²) in [7, 11) is 0. The van der Waals surface area contributed by atoms with Gasteiger partial charge in [0.05, 0.1) is 5.54 Å². The molecule has 1 atom stereocenters. The lowest BCUT2D eigenvalue weighted by molar-refractivity contribution is -0.137. The molecule has 4 heteroatoms. The Morgan fingerprint density at radius 3 is 2.71 bits per heavy atom. The van der Waals surface area contributed by atoms with Gasteiger partial charge in [0, 0.05) is 19.2 Å². The Morgan fingerprint density at radius 2 is 2.06 bits per heavy atom. The van der Waals surface area contributed by atoms with Gasteiger partial charge >= 0.3 is 0 Å². The maximum atomic E-state index is 12.5. The van der Waals surface area contributed by atoms with Gasteiger partial charge in [0.2, 0.25) is 5.91 Å². The Bertz CT molecular complexity index is 275. The first-order valence-electron chi connectivity index (χ1n) is 6.88. The zero-order valence-electron chi connectivity index (χ0n) is 10.5. The third-order valence-electron chi connectivity index (χ3n) is 4.26. The zero-order valence-corrected chi connectivity index (χ0v) is 10.5. The van der Waals surface area contributed by atoms with Crippen molar-refractivity contribution in [2.75, 3.05) is 13.2 Å². The van der Waals surface area contributed by atoms with Crippen LogP contribution < -0.4 is 5.73 Å². The topological polar surface area (TPSA) is 66.6 Å². The molecule has 1 aliphatic carbocycles. The van der Waals surface area contributed by atoms with Crippen LogP contribution in [0.25, 0.3) is 0 Å². The molecule has 2 rings (SSSR count). The van der Waals surface area contributed by atoms with Crippen molar-refractivity contribution in [2.45, 2.75) is 62.9 Å². The summed E-state index contributed by atoms with van der Waals surface area (Å²) < 4.78 is 0. The van der Waals surface area contributed by atoms with E-state index in [2.05, 4.69) is 0 Å². The molecule has 3 N–H and O–H groups in total. The fourth-order valence-electron chi connectivity index (χ4n) is 3.24. The summed E-state index contributed by atoms with van der Waals surface area (Å²) in [6.45, 7) is 1.07. The molecule has 1 saturated carbocycles. The number of aliphatic hydroxyl groups excluding tert-OH is 1. The van der Waals surface area contributed by atoms with Gasteiger partial charge in [-0.25, -0.2) is 0 Å². The van der Waals surface area contributed by atoms with Crippen molar-refractivity contribution in [1.82, 2.24) is 4.90 Å². The van der Waals surface area contributed by atoms with Crippen molar-refractivity contribution in [3.63, 3.8) is 0 Å². The first-order chi connectivity index (χ1) is 8.17. The van der Waals surface area contributed by atoms with Crippen LogP contribution in [0.2, 0.25) is 0 Å². The van der Waals surface area contributed by atoms with Crippen LogP contribution in [0.3, 0.4) is 0 Å². The minimum Gasteiger partial charge on any atom is -0.396 e. The summed E-state index contributed by atoms with van der Waals surface area (Å²) in [4.78, 5) is 14.5. The maximum Gasteiger partial charge on any atom is 0.242 e. The Balaban J connectivity index is 1.97. The highest BCUT2D eigenvalue weighted by Crippen LogP contribution is 2.32. The molecule has 0 aromatic heterocycles. The van der Waals surface area contributed by atoms with E-state index in [1.165, 1.54) is 0 Å². The van der Waals surface area contributed by atoms with Crippen molar-refractivity contribution >= 4 is 5.91 Å². The summed E-state index contributed by atoms with van der Waals surface area (Å²) in [5.74, 6) is 0.162. The van der Waals surface area contributed by atoms with E-state index >= 15 is 0 Å². The SMILES string of the molecule is NC1(C(=O)N2CCCC2CCCO)CCCC1. The van der Waals surface area contributed by atoms with Gasteiger partial charge in [-0.05, 0) is 38.5 Å². The van der Waals surface area contributed by atoms with Crippen molar-refractivity contribution in [3.05, 3.63) is 0 Å². The molecule has 2 aliphatic rings. The van der Waals surface area contributed by atoms with E-state index in [0.29, 0.717) is 6.04 Å². The number of amides is 1. The van der Waals surface area contributed by atoms with Gasteiger partial charge < -0.3 is 15.7 Å². The molecule has 1 unspecified atom stereocenters. The fourth-order valence-corrected chi connectivity index (χ4v) is 3.24. The van der Waals surface area contributed by atoms with Gasteiger partial charge in [-0.2, -0.15) is 0 Å². The molecule has 0 radical (unpaired) electrons. The Hall–Kier alpha value is -0.610. The number of rotatable bonds is 4. The van der Waals surface area contributed by atoms with Crippen LogP contribution in [0, 0.1) is 0 Å². The number of nitrogens with zero attached hydrogens (tertiary/aromatic N) is 1. The van der Waals surface area contributed by atoms with Gasteiger partial charge in [0.1, 0.15) is 0 Å². The standard InChI is InChI=1S/C13H24N2O2/c14-13(7-1-2-8-13)12(17)15-9-3-5-11(15)6-4-10-16/h11,16H,1-10,14H2. The summed E-state index contributed by atoms with van der Waals surface area (Å²) >= 11 is 0. The molecule has 0 aromatic carbocycles. The van der Waals surface area contributed by atoms with Crippen molar-refractivity contribution in [3.8, 4) is 0 Å². The molecule has 2 fully saturated rings. The smallest absolute Gasteiger partial charge is 0.242 e. The quantitative estimate of drug-likeness (QED) is 0.771. The molecule has 1 heterocycles. The second kappa shape index (κ2) is 5.36. The molecule has 1 aliphatic heterocycles. The number of carbonyl (C=O) groups excluding carboxylic acids is 1. The lowest BCUT2D eigenvalue weighted by atomic mass is 9.96. The monoisotopic (exact) mass is 240 g/mol. The number of likely N-dealkylation sites (tertiary alicyclic amines) is 1. The minimum absolute atomic E-state index is 0.162. The van der Waals surface area contributed by atoms with E-state index in [-0.39, 0.29) is 12.5 Å². The summed E-state index contributed by atoms with van der Waals surface area (Å²) in [6, 6.07) is 0.315. The maximum absolute atomic E-state index is 12.5. The molecular formula is C13H24N2O2. The van der Waals surface area contributed by atoms with Crippen LogP contribution in [-0.4, -0.2) is 40.6 Å². The van der Waals surface area contributed by atoms with Crippen molar-refractivity contribution in [1.29, 1.82) is 0 Å². The zero-order chi connectivity index (χ0) is 12.3. The first kappa shape index (κ1) is 12.8. The van der Waals surface area contributed by atoms with E-state index in [0.717, 1.165) is 57.9 Å². The third-order valence-corrected chi connectivity index (χ3v) is 4.26. The van der Waals surface area contributed by atoms with Crippen LogP contribution in [0.1, 0.15) is 51.4 Å². The lowest BCUT2D eigenvalue weighted by Crippen LogP contribution is -2.54. The molecule has 0 spiro atoms. The largest absolute Gasteiger partial charge is 0.396 e. The van der Waals surface area contributed by atoms with Crippen LogP contribution in [0.5, 0.6) is 0 Å². The van der Waals surface area contributed by atoms with E-state index in [9.17, 15) is 4.79 Å². The highest BCUT2D eigenvalue weighted by atomic mass is 16.3. The summed E-state index contributed by atoms with van der Waals surface area (Å²) in [6.07, 6.45) is 7.70. The predicted octanol–water partition coefficient (Wildman–Crippen LogP) is 1.02. The predicted molar refractivity (Wildman–Crippen MR) is 66.4 cm³/mol. The highest BCUT2D eigenvalue weighted by molar-refractivity contribution is 5.87. The van der Waals surface area contributed by atoms with Crippen LogP contribution >= 0.6 is 0 Å². The number of hydrogen-bond acceptors (Lipinski definition) is 3. The van der Waals surface area contributed by atoms with E-state index < -0.39 is 5.54 Å². The van der Waals surface area contributed by atoms with E-state index in [1.54, 1.807) is 0 Å². The minimum atomic E-state index is -0.582. The normalized spacial score (nSPS) is 27.6.